The average molecular weight is 210 g/mol. The van der Waals surface area contributed by atoms with Crippen LogP contribution in [0, 0.1) is 6.92 Å². The highest BCUT2D eigenvalue weighted by atomic mass is 16.4. The van der Waals surface area contributed by atoms with E-state index >= 15 is 0 Å². The van der Waals surface area contributed by atoms with Crippen molar-refractivity contribution in [2.45, 2.75) is 33.2 Å². The van der Waals surface area contributed by atoms with Crippen molar-refractivity contribution in [1.29, 1.82) is 0 Å². The Morgan fingerprint density at radius 3 is 2.80 bits per heavy atom. The van der Waals surface area contributed by atoms with Crippen molar-refractivity contribution in [3.05, 3.63) is 27.7 Å². The van der Waals surface area contributed by atoms with E-state index in [0.717, 1.165) is 5.69 Å². The molecule has 0 bridgehead atoms. The van der Waals surface area contributed by atoms with Gasteiger partial charge in [-0.1, -0.05) is 0 Å². The summed E-state index contributed by atoms with van der Waals surface area (Å²) in [5.74, 6) is -0.896. The van der Waals surface area contributed by atoms with Crippen LogP contribution < -0.4 is 5.56 Å². The normalized spacial score (nSPS) is 10.3. The zero-order valence-corrected chi connectivity index (χ0v) is 8.86. The minimum absolute atomic E-state index is 0.0254. The number of nitrogens with zero attached hydrogens (tertiary/aromatic N) is 2. The van der Waals surface area contributed by atoms with Gasteiger partial charge in [0, 0.05) is 18.5 Å². The number of carbonyl (C=O) groups is 1. The number of carboxylic acid groups (broad SMARTS) is 1. The topological polar surface area (TPSA) is 72.2 Å². The van der Waals surface area contributed by atoms with Crippen molar-refractivity contribution < 1.29 is 9.90 Å². The Morgan fingerprint density at radius 1 is 1.60 bits per heavy atom. The molecular formula is C10H14N2O3. The summed E-state index contributed by atoms with van der Waals surface area (Å²) in [4.78, 5) is 22.1. The molecule has 0 radical (unpaired) electrons. The molecule has 0 aromatic carbocycles. The minimum atomic E-state index is -0.896. The van der Waals surface area contributed by atoms with Gasteiger partial charge in [-0.05, 0) is 26.3 Å². The van der Waals surface area contributed by atoms with E-state index in [2.05, 4.69) is 5.10 Å². The molecule has 1 aromatic rings. The Labute approximate surface area is 87.4 Å². The molecule has 0 atom stereocenters. The summed E-state index contributed by atoms with van der Waals surface area (Å²) >= 11 is 0. The number of carboxylic acids is 1. The lowest BCUT2D eigenvalue weighted by molar-refractivity contribution is -0.136. The van der Waals surface area contributed by atoms with E-state index in [1.807, 2.05) is 6.92 Å². The molecule has 0 unspecified atom stereocenters. The zero-order valence-electron chi connectivity index (χ0n) is 8.86. The maximum absolute atomic E-state index is 11.7. The van der Waals surface area contributed by atoms with E-state index in [0.29, 0.717) is 12.1 Å². The molecule has 5 nitrogen and oxygen atoms in total. The maximum Gasteiger partial charge on any atom is 0.303 e. The Hall–Kier alpha value is -1.65. The third kappa shape index (κ3) is 2.90. The number of hydrogen-bond acceptors (Lipinski definition) is 3. The average Bonchev–Trinajstić information content (AvgIpc) is 2.18. The van der Waals surface area contributed by atoms with Gasteiger partial charge in [0.15, 0.2) is 0 Å². The number of aryl methyl sites for hydroxylation is 3. The van der Waals surface area contributed by atoms with E-state index in [1.165, 1.54) is 4.68 Å². The Bertz CT molecular complexity index is 423. The van der Waals surface area contributed by atoms with E-state index in [9.17, 15) is 9.59 Å². The van der Waals surface area contributed by atoms with Crippen LogP contribution in [0.3, 0.4) is 0 Å². The SMILES string of the molecule is CCn1nc(C)cc(CCC(=O)O)c1=O. The first-order chi connectivity index (χ1) is 7.04. The quantitative estimate of drug-likeness (QED) is 0.789. The molecule has 0 saturated heterocycles. The zero-order chi connectivity index (χ0) is 11.4. The molecule has 1 N–H and O–H groups in total. The second kappa shape index (κ2) is 4.72. The lowest BCUT2D eigenvalue weighted by atomic mass is 10.1. The van der Waals surface area contributed by atoms with E-state index in [-0.39, 0.29) is 18.4 Å². The third-order valence-corrected chi connectivity index (χ3v) is 2.08. The standard InChI is InChI=1S/C10H14N2O3/c1-3-12-10(15)8(4-5-9(13)14)6-7(2)11-12/h6H,3-5H2,1-2H3,(H,13,14). The van der Waals surface area contributed by atoms with E-state index in [1.54, 1.807) is 13.0 Å². The fourth-order valence-corrected chi connectivity index (χ4v) is 1.38. The number of rotatable bonds is 4. The fraction of sp³-hybridized carbons (Fsp3) is 0.500. The predicted molar refractivity (Wildman–Crippen MR) is 54.9 cm³/mol. The summed E-state index contributed by atoms with van der Waals surface area (Å²) in [5.41, 5.74) is 1.06. The largest absolute Gasteiger partial charge is 0.481 e. The van der Waals surface area contributed by atoms with Crippen LogP contribution in [0.4, 0.5) is 0 Å². The fourth-order valence-electron chi connectivity index (χ4n) is 1.38. The van der Waals surface area contributed by atoms with Crippen molar-refractivity contribution in [1.82, 2.24) is 9.78 Å². The van der Waals surface area contributed by atoms with Gasteiger partial charge in [0.1, 0.15) is 0 Å². The Balaban J connectivity index is 3.01. The molecule has 1 aromatic heterocycles. The monoisotopic (exact) mass is 210 g/mol. The van der Waals surface area contributed by atoms with Gasteiger partial charge in [0.05, 0.1) is 5.69 Å². The Morgan fingerprint density at radius 2 is 2.27 bits per heavy atom. The first kappa shape index (κ1) is 11.4. The van der Waals surface area contributed by atoms with Crippen LogP contribution in [0.1, 0.15) is 24.6 Å². The first-order valence-electron chi connectivity index (χ1n) is 4.84. The molecule has 0 saturated carbocycles. The highest BCUT2D eigenvalue weighted by Crippen LogP contribution is 1.99. The Kier molecular flexibility index (Phi) is 3.60. The van der Waals surface area contributed by atoms with Gasteiger partial charge in [-0.25, -0.2) is 4.68 Å². The predicted octanol–water partition coefficient (Wildman–Crippen LogP) is 0.589. The van der Waals surface area contributed by atoms with Gasteiger partial charge in [0.2, 0.25) is 0 Å². The molecule has 0 aliphatic rings. The van der Waals surface area contributed by atoms with Crippen LogP contribution in [0.25, 0.3) is 0 Å². The molecule has 82 valence electrons. The molecular weight excluding hydrogens is 196 g/mol. The van der Waals surface area contributed by atoms with Gasteiger partial charge < -0.3 is 5.11 Å². The molecule has 0 spiro atoms. The second-order valence-electron chi connectivity index (χ2n) is 3.33. The van der Waals surface area contributed by atoms with Gasteiger partial charge in [0.25, 0.3) is 5.56 Å². The van der Waals surface area contributed by atoms with Gasteiger partial charge in [-0.3, -0.25) is 9.59 Å². The lowest BCUT2D eigenvalue weighted by Crippen LogP contribution is -2.26. The summed E-state index contributed by atoms with van der Waals surface area (Å²) in [6.45, 7) is 4.12. The van der Waals surface area contributed by atoms with Crippen LogP contribution in [0.2, 0.25) is 0 Å². The lowest BCUT2D eigenvalue weighted by Gasteiger charge is -2.05. The van der Waals surface area contributed by atoms with Crippen molar-refractivity contribution in [3.8, 4) is 0 Å². The van der Waals surface area contributed by atoms with Gasteiger partial charge in [-0.2, -0.15) is 5.10 Å². The first-order valence-corrected chi connectivity index (χ1v) is 4.84. The molecule has 0 amide bonds. The summed E-state index contributed by atoms with van der Waals surface area (Å²) in [7, 11) is 0. The van der Waals surface area contributed by atoms with Crippen LogP contribution in [-0.4, -0.2) is 20.9 Å². The smallest absolute Gasteiger partial charge is 0.303 e. The summed E-state index contributed by atoms with van der Waals surface area (Å²) in [5, 5.41) is 12.6. The molecule has 5 heteroatoms. The van der Waals surface area contributed by atoms with Gasteiger partial charge in [-0.15, -0.1) is 0 Å². The van der Waals surface area contributed by atoms with Crippen molar-refractivity contribution in [2.75, 3.05) is 0 Å². The molecule has 0 aliphatic carbocycles. The molecule has 1 rings (SSSR count). The third-order valence-electron chi connectivity index (χ3n) is 2.08. The van der Waals surface area contributed by atoms with E-state index < -0.39 is 5.97 Å². The van der Waals surface area contributed by atoms with Crippen molar-refractivity contribution in [3.63, 3.8) is 0 Å². The van der Waals surface area contributed by atoms with Crippen LogP contribution >= 0.6 is 0 Å². The minimum Gasteiger partial charge on any atom is -0.481 e. The molecule has 15 heavy (non-hydrogen) atoms. The summed E-state index contributed by atoms with van der Waals surface area (Å²) in [6.07, 6.45) is 0.236. The van der Waals surface area contributed by atoms with Crippen molar-refractivity contribution >= 4 is 5.97 Å². The number of aliphatic carboxylic acids is 1. The number of aromatic nitrogens is 2. The van der Waals surface area contributed by atoms with Gasteiger partial charge >= 0.3 is 5.97 Å². The highest BCUT2D eigenvalue weighted by molar-refractivity contribution is 5.67. The van der Waals surface area contributed by atoms with Crippen LogP contribution in [0.5, 0.6) is 0 Å². The maximum atomic E-state index is 11.7. The van der Waals surface area contributed by atoms with E-state index in [4.69, 9.17) is 5.11 Å². The van der Waals surface area contributed by atoms with Crippen LogP contribution in [0.15, 0.2) is 10.9 Å². The highest BCUT2D eigenvalue weighted by Gasteiger charge is 2.07. The number of hydrogen-bond donors (Lipinski definition) is 1. The van der Waals surface area contributed by atoms with Crippen molar-refractivity contribution in [2.24, 2.45) is 0 Å². The summed E-state index contributed by atoms with van der Waals surface area (Å²) in [6, 6.07) is 1.65. The van der Waals surface area contributed by atoms with Crippen LogP contribution in [-0.2, 0) is 17.8 Å². The summed E-state index contributed by atoms with van der Waals surface area (Å²) < 4.78 is 1.35. The molecule has 1 heterocycles. The second-order valence-corrected chi connectivity index (χ2v) is 3.33. The molecule has 0 fully saturated rings. The molecule has 0 aliphatic heterocycles.